The number of hydrogen-bond acceptors (Lipinski definition) is 3. The molecule has 0 aromatic heterocycles. The number of nitrogens with one attached hydrogen (secondary N) is 1. The summed E-state index contributed by atoms with van der Waals surface area (Å²) in [6.45, 7) is 3.98. The number of nitriles is 1. The summed E-state index contributed by atoms with van der Waals surface area (Å²) in [6.07, 6.45) is 5.06. The molecular weight excluding hydrogens is 272 g/mol. The number of benzene rings is 1. The maximum absolute atomic E-state index is 13.7. The molecule has 1 aliphatic heterocycles. The van der Waals surface area contributed by atoms with Crippen molar-refractivity contribution in [2.24, 2.45) is 0 Å². The zero-order chi connectivity index (χ0) is 15.1. The molecule has 1 aromatic carbocycles. The first-order valence-corrected chi connectivity index (χ1v) is 7.52. The summed E-state index contributed by atoms with van der Waals surface area (Å²) in [5.74, 6) is -1.32. The van der Waals surface area contributed by atoms with Gasteiger partial charge in [-0.2, -0.15) is 5.26 Å². The molecule has 0 spiro atoms. The highest BCUT2D eigenvalue weighted by Gasteiger charge is 2.12. The van der Waals surface area contributed by atoms with Crippen molar-refractivity contribution in [2.45, 2.75) is 32.2 Å². The molecule has 0 aliphatic carbocycles. The van der Waals surface area contributed by atoms with Gasteiger partial charge in [0, 0.05) is 25.2 Å². The lowest BCUT2D eigenvalue weighted by Gasteiger charge is -2.19. The normalized spacial score (nSPS) is 16.4. The molecule has 5 heteroatoms. The maximum atomic E-state index is 13.7. The van der Waals surface area contributed by atoms with Crippen LogP contribution in [0.2, 0.25) is 0 Å². The van der Waals surface area contributed by atoms with Gasteiger partial charge in [-0.15, -0.1) is 0 Å². The Bertz CT molecular complexity index is 480. The molecule has 0 bridgehead atoms. The Morgan fingerprint density at radius 3 is 2.29 bits per heavy atom. The summed E-state index contributed by atoms with van der Waals surface area (Å²) < 4.78 is 27.4. The van der Waals surface area contributed by atoms with Crippen LogP contribution in [0.1, 0.15) is 36.8 Å². The van der Waals surface area contributed by atoms with Gasteiger partial charge >= 0.3 is 0 Å². The van der Waals surface area contributed by atoms with E-state index in [2.05, 4.69) is 10.2 Å². The van der Waals surface area contributed by atoms with Crippen molar-refractivity contribution in [3.8, 4) is 6.07 Å². The first-order valence-electron chi connectivity index (χ1n) is 7.52. The quantitative estimate of drug-likeness (QED) is 0.849. The summed E-state index contributed by atoms with van der Waals surface area (Å²) in [5.41, 5.74) is 0.0168. The molecule has 0 atom stereocenters. The van der Waals surface area contributed by atoms with Crippen LogP contribution in [0.25, 0.3) is 0 Å². The Morgan fingerprint density at radius 2 is 1.71 bits per heavy atom. The average molecular weight is 293 g/mol. The lowest BCUT2D eigenvalue weighted by Crippen LogP contribution is -2.32. The van der Waals surface area contributed by atoms with Gasteiger partial charge in [0.2, 0.25) is 0 Å². The molecule has 2 rings (SSSR count). The number of rotatable bonds is 5. The van der Waals surface area contributed by atoms with E-state index in [0.29, 0.717) is 6.54 Å². The molecule has 1 heterocycles. The molecule has 114 valence electrons. The zero-order valence-electron chi connectivity index (χ0n) is 12.2. The Kier molecular flexibility index (Phi) is 6.09. The van der Waals surface area contributed by atoms with E-state index < -0.39 is 11.6 Å². The van der Waals surface area contributed by atoms with E-state index in [1.165, 1.54) is 25.7 Å². The Labute approximate surface area is 124 Å². The third-order valence-corrected chi connectivity index (χ3v) is 3.88. The number of hydrogen-bond donors (Lipinski definition) is 1. The Balaban J connectivity index is 1.79. The molecule has 0 amide bonds. The van der Waals surface area contributed by atoms with Crippen LogP contribution in [0.5, 0.6) is 0 Å². The molecule has 0 radical (unpaired) electrons. The minimum atomic E-state index is -0.658. The van der Waals surface area contributed by atoms with Crippen molar-refractivity contribution in [3.05, 3.63) is 34.9 Å². The Hall–Kier alpha value is -1.51. The van der Waals surface area contributed by atoms with Gasteiger partial charge in [0.05, 0.1) is 11.6 Å². The van der Waals surface area contributed by atoms with Crippen LogP contribution in [-0.2, 0) is 6.54 Å². The third kappa shape index (κ3) is 4.76. The fraction of sp³-hybridized carbons (Fsp3) is 0.562. The molecule has 21 heavy (non-hydrogen) atoms. The van der Waals surface area contributed by atoms with Crippen LogP contribution in [0, 0.1) is 23.0 Å². The van der Waals surface area contributed by atoms with Gasteiger partial charge in [0.25, 0.3) is 0 Å². The van der Waals surface area contributed by atoms with Crippen molar-refractivity contribution >= 4 is 0 Å². The molecule has 1 aliphatic rings. The van der Waals surface area contributed by atoms with Gasteiger partial charge in [0.15, 0.2) is 0 Å². The van der Waals surface area contributed by atoms with E-state index >= 15 is 0 Å². The maximum Gasteiger partial charge on any atom is 0.131 e. The second-order valence-corrected chi connectivity index (χ2v) is 5.46. The second kappa shape index (κ2) is 8.06. The third-order valence-electron chi connectivity index (χ3n) is 3.88. The fourth-order valence-corrected chi connectivity index (χ4v) is 2.65. The number of likely N-dealkylation sites (tertiary alicyclic amines) is 1. The highest BCUT2D eigenvalue weighted by atomic mass is 19.1. The van der Waals surface area contributed by atoms with Crippen LogP contribution >= 0.6 is 0 Å². The number of halogens is 2. The van der Waals surface area contributed by atoms with E-state index in [-0.39, 0.29) is 17.7 Å². The molecule has 0 saturated carbocycles. The minimum absolute atomic E-state index is 0.00451. The van der Waals surface area contributed by atoms with Crippen molar-refractivity contribution < 1.29 is 8.78 Å². The van der Waals surface area contributed by atoms with E-state index in [4.69, 9.17) is 5.26 Å². The molecular formula is C16H21F2N3. The summed E-state index contributed by atoms with van der Waals surface area (Å²) in [6, 6.07) is 3.90. The average Bonchev–Trinajstić information content (AvgIpc) is 2.74. The van der Waals surface area contributed by atoms with Crippen LogP contribution in [0.3, 0.4) is 0 Å². The van der Waals surface area contributed by atoms with E-state index in [9.17, 15) is 8.78 Å². The summed E-state index contributed by atoms with van der Waals surface area (Å²) in [5, 5.41) is 11.7. The molecule has 1 aromatic rings. The van der Waals surface area contributed by atoms with Gasteiger partial charge in [-0.3, -0.25) is 0 Å². The second-order valence-electron chi connectivity index (χ2n) is 5.46. The van der Waals surface area contributed by atoms with Crippen molar-refractivity contribution in [1.29, 1.82) is 5.26 Å². The van der Waals surface area contributed by atoms with Gasteiger partial charge in [-0.05, 0) is 38.1 Å². The summed E-state index contributed by atoms with van der Waals surface area (Å²) in [4.78, 5) is 2.39. The molecule has 3 nitrogen and oxygen atoms in total. The fourth-order valence-electron chi connectivity index (χ4n) is 2.65. The SMILES string of the molecule is N#Cc1cc(F)c(CNCCN2CCCCCC2)c(F)c1. The topological polar surface area (TPSA) is 39.1 Å². The molecule has 0 unspecified atom stereocenters. The monoisotopic (exact) mass is 293 g/mol. The van der Waals surface area contributed by atoms with Crippen molar-refractivity contribution in [2.75, 3.05) is 26.2 Å². The smallest absolute Gasteiger partial charge is 0.131 e. The molecule has 1 N–H and O–H groups in total. The van der Waals surface area contributed by atoms with Crippen LogP contribution in [-0.4, -0.2) is 31.1 Å². The van der Waals surface area contributed by atoms with Gasteiger partial charge < -0.3 is 10.2 Å². The number of nitrogens with zero attached hydrogens (tertiary/aromatic N) is 2. The molecule has 1 saturated heterocycles. The molecule has 1 fully saturated rings. The van der Waals surface area contributed by atoms with Gasteiger partial charge in [-0.1, -0.05) is 12.8 Å². The van der Waals surface area contributed by atoms with Crippen LogP contribution in [0.15, 0.2) is 12.1 Å². The highest BCUT2D eigenvalue weighted by Crippen LogP contribution is 2.15. The summed E-state index contributed by atoms with van der Waals surface area (Å²) in [7, 11) is 0. The lowest BCUT2D eigenvalue weighted by molar-refractivity contribution is 0.283. The highest BCUT2D eigenvalue weighted by molar-refractivity contribution is 5.34. The van der Waals surface area contributed by atoms with Crippen molar-refractivity contribution in [1.82, 2.24) is 10.2 Å². The first kappa shape index (κ1) is 15.9. The van der Waals surface area contributed by atoms with Crippen molar-refractivity contribution in [3.63, 3.8) is 0 Å². The van der Waals surface area contributed by atoms with Gasteiger partial charge in [-0.25, -0.2) is 8.78 Å². The van der Waals surface area contributed by atoms with E-state index in [1.807, 2.05) is 0 Å². The Morgan fingerprint density at radius 1 is 1.10 bits per heavy atom. The first-order chi connectivity index (χ1) is 10.2. The van der Waals surface area contributed by atoms with Crippen LogP contribution < -0.4 is 5.32 Å². The zero-order valence-corrected chi connectivity index (χ0v) is 12.2. The largest absolute Gasteiger partial charge is 0.311 e. The standard InChI is InChI=1S/C16H21F2N3/c17-15-9-13(11-19)10-16(18)14(15)12-20-5-8-21-6-3-1-2-4-7-21/h9-10,20H,1-8,12H2. The summed E-state index contributed by atoms with van der Waals surface area (Å²) >= 11 is 0. The predicted molar refractivity (Wildman–Crippen MR) is 77.7 cm³/mol. The van der Waals surface area contributed by atoms with Crippen LogP contribution in [0.4, 0.5) is 8.78 Å². The predicted octanol–water partition coefficient (Wildman–Crippen LogP) is 2.80. The minimum Gasteiger partial charge on any atom is -0.311 e. The van der Waals surface area contributed by atoms with Gasteiger partial charge in [0.1, 0.15) is 11.6 Å². The van der Waals surface area contributed by atoms with E-state index in [0.717, 1.165) is 31.8 Å². The lowest BCUT2D eigenvalue weighted by atomic mass is 10.1. The van der Waals surface area contributed by atoms with E-state index in [1.54, 1.807) is 6.07 Å².